The Bertz CT molecular complexity index is 399. The van der Waals surface area contributed by atoms with Crippen molar-refractivity contribution in [1.82, 2.24) is 9.55 Å². The van der Waals surface area contributed by atoms with E-state index in [4.69, 9.17) is 5.11 Å². The zero-order valence-electron chi connectivity index (χ0n) is 6.82. The summed E-state index contributed by atoms with van der Waals surface area (Å²) in [5.41, 5.74) is 0.168. The minimum atomic E-state index is -1.07. The van der Waals surface area contributed by atoms with Crippen LogP contribution in [0, 0.1) is 6.92 Å². The van der Waals surface area contributed by atoms with Gasteiger partial charge in [0, 0.05) is 0 Å². The average Bonchev–Trinajstić information content (AvgIpc) is 2.06. The van der Waals surface area contributed by atoms with Crippen LogP contribution >= 0.6 is 15.9 Å². The van der Waals surface area contributed by atoms with Crippen molar-refractivity contribution < 1.29 is 9.90 Å². The smallest absolute Gasteiger partial charge is 0.323 e. The normalized spacial score (nSPS) is 10.0. The summed E-state index contributed by atoms with van der Waals surface area (Å²) in [6.07, 6.45) is 1.22. The molecule has 0 bridgehead atoms. The van der Waals surface area contributed by atoms with E-state index in [9.17, 15) is 9.59 Å². The number of hydrogen-bond donors (Lipinski definition) is 1. The van der Waals surface area contributed by atoms with Crippen molar-refractivity contribution in [3.05, 3.63) is 26.8 Å². The van der Waals surface area contributed by atoms with E-state index in [0.717, 1.165) is 4.57 Å². The maximum absolute atomic E-state index is 11.3. The minimum Gasteiger partial charge on any atom is -0.480 e. The molecule has 0 aliphatic rings. The molecule has 1 aromatic heterocycles. The second-order valence-electron chi connectivity index (χ2n) is 2.47. The number of rotatable bonds is 2. The number of halogens is 1. The van der Waals surface area contributed by atoms with Crippen molar-refractivity contribution in [2.45, 2.75) is 13.5 Å². The molecule has 1 heterocycles. The van der Waals surface area contributed by atoms with E-state index in [1.165, 1.54) is 6.33 Å². The van der Waals surface area contributed by atoms with Gasteiger partial charge in [-0.15, -0.1) is 0 Å². The summed E-state index contributed by atoms with van der Waals surface area (Å²) in [7, 11) is 0. The first-order chi connectivity index (χ1) is 6.02. The van der Waals surface area contributed by atoms with Gasteiger partial charge < -0.3 is 5.11 Å². The average molecular weight is 247 g/mol. The molecular weight excluding hydrogens is 240 g/mol. The monoisotopic (exact) mass is 246 g/mol. The van der Waals surface area contributed by atoms with Gasteiger partial charge in [-0.05, 0) is 22.9 Å². The molecule has 0 aliphatic heterocycles. The lowest BCUT2D eigenvalue weighted by molar-refractivity contribution is -0.137. The van der Waals surface area contributed by atoms with Gasteiger partial charge in [0.2, 0.25) is 0 Å². The SMILES string of the molecule is Cc1ncn(CC(=O)O)c(=O)c1Br. The Hall–Kier alpha value is -1.17. The molecule has 5 nitrogen and oxygen atoms in total. The highest BCUT2D eigenvalue weighted by atomic mass is 79.9. The van der Waals surface area contributed by atoms with E-state index in [2.05, 4.69) is 20.9 Å². The first-order valence-corrected chi connectivity index (χ1v) is 4.25. The maximum atomic E-state index is 11.3. The fourth-order valence-electron chi connectivity index (χ4n) is 0.805. The molecule has 13 heavy (non-hydrogen) atoms. The van der Waals surface area contributed by atoms with E-state index < -0.39 is 5.97 Å². The van der Waals surface area contributed by atoms with Crippen LogP contribution in [0.1, 0.15) is 5.69 Å². The maximum Gasteiger partial charge on any atom is 0.323 e. The predicted octanol–water partition coefficient (Wildman–Crippen LogP) is 0.399. The van der Waals surface area contributed by atoms with Crippen molar-refractivity contribution in [3.8, 4) is 0 Å². The highest BCUT2D eigenvalue weighted by Crippen LogP contribution is 2.05. The Balaban J connectivity index is 3.19. The molecule has 0 unspecified atom stereocenters. The third-order valence-electron chi connectivity index (χ3n) is 1.46. The summed E-state index contributed by atoms with van der Waals surface area (Å²) < 4.78 is 1.33. The molecule has 0 aliphatic carbocycles. The third kappa shape index (κ3) is 2.15. The molecule has 1 N–H and O–H groups in total. The highest BCUT2D eigenvalue weighted by molar-refractivity contribution is 9.10. The van der Waals surface area contributed by atoms with Gasteiger partial charge in [-0.25, -0.2) is 4.98 Å². The van der Waals surface area contributed by atoms with Crippen LogP contribution in [0.4, 0.5) is 0 Å². The molecule has 0 saturated heterocycles. The van der Waals surface area contributed by atoms with Gasteiger partial charge in [-0.2, -0.15) is 0 Å². The zero-order valence-corrected chi connectivity index (χ0v) is 8.41. The van der Waals surface area contributed by atoms with Crippen LogP contribution in [0.3, 0.4) is 0 Å². The Kier molecular flexibility index (Phi) is 2.82. The first-order valence-electron chi connectivity index (χ1n) is 3.45. The number of carboxylic acid groups (broad SMARTS) is 1. The van der Waals surface area contributed by atoms with Gasteiger partial charge in [0.05, 0.1) is 12.0 Å². The number of hydrogen-bond acceptors (Lipinski definition) is 3. The second kappa shape index (κ2) is 3.69. The second-order valence-corrected chi connectivity index (χ2v) is 3.26. The van der Waals surface area contributed by atoms with Crippen LogP contribution in [-0.4, -0.2) is 20.6 Å². The van der Waals surface area contributed by atoms with E-state index in [0.29, 0.717) is 10.2 Å². The van der Waals surface area contributed by atoms with E-state index in [-0.39, 0.29) is 12.1 Å². The van der Waals surface area contributed by atoms with Gasteiger partial charge in [-0.3, -0.25) is 14.2 Å². The Morgan fingerprint density at radius 3 is 2.92 bits per heavy atom. The van der Waals surface area contributed by atoms with Crippen LogP contribution in [0.2, 0.25) is 0 Å². The van der Waals surface area contributed by atoms with Gasteiger partial charge in [0.15, 0.2) is 0 Å². The minimum absolute atomic E-state index is 0.302. The molecule has 0 amide bonds. The van der Waals surface area contributed by atoms with Crippen molar-refractivity contribution in [1.29, 1.82) is 0 Å². The molecule has 0 spiro atoms. The summed E-state index contributed by atoms with van der Waals surface area (Å²) in [4.78, 5) is 25.5. The summed E-state index contributed by atoms with van der Waals surface area (Å²) in [5, 5.41) is 8.45. The molecule has 0 radical (unpaired) electrons. The number of aromatic nitrogens is 2. The van der Waals surface area contributed by atoms with Crippen LogP contribution in [0.25, 0.3) is 0 Å². The topological polar surface area (TPSA) is 72.2 Å². The van der Waals surface area contributed by atoms with Crippen molar-refractivity contribution in [2.24, 2.45) is 0 Å². The first kappa shape index (κ1) is 9.91. The lowest BCUT2D eigenvalue weighted by Crippen LogP contribution is -2.25. The van der Waals surface area contributed by atoms with Crippen molar-refractivity contribution in [3.63, 3.8) is 0 Å². The molecule has 70 valence electrons. The number of carboxylic acids is 1. The predicted molar refractivity (Wildman–Crippen MR) is 48.6 cm³/mol. The molecule has 0 atom stereocenters. The Morgan fingerprint density at radius 1 is 1.77 bits per heavy atom. The van der Waals surface area contributed by atoms with Gasteiger partial charge >= 0.3 is 5.97 Å². The van der Waals surface area contributed by atoms with E-state index in [1.807, 2.05) is 0 Å². The summed E-state index contributed by atoms with van der Waals surface area (Å²) >= 11 is 3.03. The molecule has 0 fully saturated rings. The molecule has 1 aromatic rings. The van der Waals surface area contributed by atoms with Crippen LogP contribution in [-0.2, 0) is 11.3 Å². The third-order valence-corrected chi connectivity index (χ3v) is 2.38. The standard InChI is InChI=1S/C7H7BrN2O3/c1-4-6(8)7(13)10(3-9-4)2-5(11)12/h3H,2H2,1H3,(H,11,12). The molecule has 0 saturated carbocycles. The fraction of sp³-hybridized carbons (Fsp3) is 0.286. The molecular formula is C7H7BrN2O3. The van der Waals surface area contributed by atoms with Crippen molar-refractivity contribution >= 4 is 21.9 Å². The molecule has 0 aromatic carbocycles. The number of carbonyl (C=O) groups is 1. The van der Waals surface area contributed by atoms with Gasteiger partial charge in [0.1, 0.15) is 11.0 Å². The molecule has 6 heteroatoms. The summed E-state index contributed by atoms with van der Waals surface area (Å²) in [6.45, 7) is 1.29. The number of aryl methyl sites for hydroxylation is 1. The Morgan fingerprint density at radius 2 is 2.38 bits per heavy atom. The largest absolute Gasteiger partial charge is 0.480 e. The summed E-state index contributed by atoms with van der Waals surface area (Å²) in [5.74, 6) is -1.07. The lowest BCUT2D eigenvalue weighted by atomic mass is 10.4. The van der Waals surface area contributed by atoms with Crippen LogP contribution in [0.15, 0.2) is 15.6 Å². The van der Waals surface area contributed by atoms with Crippen LogP contribution < -0.4 is 5.56 Å². The number of nitrogens with zero attached hydrogens (tertiary/aromatic N) is 2. The molecule has 1 rings (SSSR count). The van der Waals surface area contributed by atoms with Gasteiger partial charge in [-0.1, -0.05) is 0 Å². The van der Waals surface area contributed by atoms with E-state index in [1.54, 1.807) is 6.92 Å². The number of aliphatic carboxylic acids is 1. The van der Waals surface area contributed by atoms with E-state index >= 15 is 0 Å². The highest BCUT2D eigenvalue weighted by Gasteiger charge is 2.07. The zero-order chi connectivity index (χ0) is 10.0. The van der Waals surface area contributed by atoms with Crippen LogP contribution in [0.5, 0.6) is 0 Å². The quantitative estimate of drug-likeness (QED) is 0.820. The van der Waals surface area contributed by atoms with Gasteiger partial charge in [0.25, 0.3) is 5.56 Å². The summed E-state index contributed by atoms with van der Waals surface area (Å²) in [6, 6.07) is 0. The van der Waals surface area contributed by atoms with Crippen molar-refractivity contribution in [2.75, 3.05) is 0 Å². The Labute approximate surface area is 82.2 Å². The fourth-order valence-corrected chi connectivity index (χ4v) is 1.13. The lowest BCUT2D eigenvalue weighted by Gasteiger charge is -2.02.